The molecule has 4 unspecified atom stereocenters. The average Bonchev–Trinajstić information content (AvgIpc) is 3.22. The van der Waals surface area contributed by atoms with Crippen LogP contribution in [-0.4, -0.2) is 81.7 Å². The quantitative estimate of drug-likeness (QED) is 0.192. The van der Waals surface area contributed by atoms with Crippen LogP contribution >= 0.6 is 11.8 Å². The number of aliphatic hydroxyl groups excluding tert-OH is 1. The van der Waals surface area contributed by atoms with E-state index in [1.165, 1.54) is 6.92 Å². The molecule has 1 aromatic heterocycles. The van der Waals surface area contributed by atoms with E-state index in [9.17, 15) is 19.2 Å². The summed E-state index contributed by atoms with van der Waals surface area (Å²) in [6.45, 7) is 0.577. The fourth-order valence-electron chi connectivity index (χ4n) is 3.25. The topological polar surface area (TPSA) is 187 Å². The summed E-state index contributed by atoms with van der Waals surface area (Å²) in [6, 6.07) is 3.06. The molecule has 1 heterocycles. The molecule has 8 N–H and O–H groups in total. The summed E-state index contributed by atoms with van der Waals surface area (Å²) >= 11 is 1.55. The molecular weight excluding hydrogens is 462 g/mol. The number of aromatic nitrogens is 1. The van der Waals surface area contributed by atoms with Gasteiger partial charge in [0.05, 0.1) is 12.6 Å². The maximum absolute atomic E-state index is 13.1. The van der Waals surface area contributed by atoms with Gasteiger partial charge in [-0.1, -0.05) is 18.2 Å². The van der Waals surface area contributed by atoms with E-state index in [2.05, 4.69) is 20.9 Å². The SMILES string of the molecule is CSCCC(N)C(=O)NC(Cc1c[nH]c2ccccc12)C(=O)NC(C)C(=O)NC(CO)C(=O)O. The van der Waals surface area contributed by atoms with Crippen molar-refractivity contribution in [2.24, 2.45) is 5.73 Å². The predicted octanol–water partition coefficient (Wildman–Crippen LogP) is -0.658. The number of benzene rings is 1. The van der Waals surface area contributed by atoms with Crippen LogP contribution in [0.15, 0.2) is 30.5 Å². The second kappa shape index (κ2) is 13.0. The minimum Gasteiger partial charge on any atom is -0.480 e. The zero-order valence-electron chi connectivity index (χ0n) is 19.0. The minimum absolute atomic E-state index is 0.138. The third-order valence-electron chi connectivity index (χ3n) is 5.25. The van der Waals surface area contributed by atoms with Crippen LogP contribution in [0.4, 0.5) is 0 Å². The van der Waals surface area contributed by atoms with Crippen molar-refractivity contribution in [2.75, 3.05) is 18.6 Å². The Morgan fingerprint density at radius 2 is 1.74 bits per heavy atom. The van der Waals surface area contributed by atoms with Crippen LogP contribution in [0.25, 0.3) is 10.9 Å². The molecule has 3 amide bonds. The number of H-pyrrole nitrogens is 1. The Kier molecular flexibility index (Phi) is 10.4. The smallest absolute Gasteiger partial charge is 0.328 e. The lowest BCUT2D eigenvalue weighted by Crippen LogP contribution is -2.57. The van der Waals surface area contributed by atoms with E-state index in [0.717, 1.165) is 16.5 Å². The van der Waals surface area contributed by atoms with Crippen molar-refractivity contribution in [3.8, 4) is 0 Å². The van der Waals surface area contributed by atoms with Gasteiger partial charge in [0.15, 0.2) is 0 Å². The van der Waals surface area contributed by atoms with E-state index in [1.54, 1.807) is 18.0 Å². The lowest BCUT2D eigenvalue weighted by atomic mass is 10.0. The Morgan fingerprint density at radius 3 is 2.38 bits per heavy atom. The van der Waals surface area contributed by atoms with Gasteiger partial charge in [-0.25, -0.2) is 4.79 Å². The van der Waals surface area contributed by atoms with E-state index in [1.807, 2.05) is 30.5 Å². The van der Waals surface area contributed by atoms with Gasteiger partial charge < -0.3 is 36.9 Å². The van der Waals surface area contributed by atoms with Crippen LogP contribution in [0.1, 0.15) is 18.9 Å². The van der Waals surface area contributed by atoms with E-state index >= 15 is 0 Å². The number of nitrogens with one attached hydrogen (secondary N) is 4. The number of carboxylic acid groups (broad SMARTS) is 1. The van der Waals surface area contributed by atoms with Gasteiger partial charge in [0.1, 0.15) is 18.1 Å². The first-order valence-electron chi connectivity index (χ1n) is 10.7. The fourth-order valence-corrected chi connectivity index (χ4v) is 3.74. The average molecular weight is 494 g/mol. The summed E-state index contributed by atoms with van der Waals surface area (Å²) in [7, 11) is 0. The summed E-state index contributed by atoms with van der Waals surface area (Å²) in [6.07, 6.45) is 4.22. The monoisotopic (exact) mass is 493 g/mol. The molecule has 4 atom stereocenters. The molecule has 0 aliphatic carbocycles. The Balaban J connectivity index is 2.16. The summed E-state index contributed by atoms with van der Waals surface area (Å²) in [4.78, 5) is 52.1. The van der Waals surface area contributed by atoms with Crippen LogP contribution in [0.5, 0.6) is 0 Å². The molecule has 0 fully saturated rings. The molecule has 0 radical (unpaired) electrons. The van der Waals surface area contributed by atoms with E-state index < -0.39 is 54.5 Å². The molecule has 0 spiro atoms. The number of aromatic amines is 1. The van der Waals surface area contributed by atoms with Crippen molar-refractivity contribution < 1.29 is 29.4 Å². The summed E-state index contributed by atoms with van der Waals surface area (Å²) in [5.74, 6) is -2.63. The number of hydrogen-bond donors (Lipinski definition) is 7. The lowest BCUT2D eigenvalue weighted by Gasteiger charge is -2.23. The number of aliphatic carboxylic acids is 1. The molecular formula is C22H31N5O6S. The van der Waals surface area contributed by atoms with Crippen LogP contribution in [-0.2, 0) is 25.6 Å². The highest BCUT2D eigenvalue weighted by Gasteiger charge is 2.28. The number of carbonyl (C=O) groups excluding carboxylic acids is 3. The molecule has 0 bridgehead atoms. The second-order valence-electron chi connectivity index (χ2n) is 7.83. The minimum atomic E-state index is -1.50. The van der Waals surface area contributed by atoms with E-state index in [-0.39, 0.29) is 6.42 Å². The molecule has 0 saturated carbocycles. The highest BCUT2D eigenvalue weighted by Crippen LogP contribution is 2.19. The van der Waals surface area contributed by atoms with E-state index in [4.69, 9.17) is 15.9 Å². The molecule has 2 rings (SSSR count). The maximum atomic E-state index is 13.1. The lowest BCUT2D eigenvalue weighted by molar-refractivity contribution is -0.143. The highest BCUT2D eigenvalue weighted by atomic mass is 32.2. The molecule has 12 heteroatoms. The third-order valence-corrected chi connectivity index (χ3v) is 5.89. The zero-order valence-corrected chi connectivity index (χ0v) is 19.9. The Hall–Kier alpha value is -3.09. The standard InChI is InChI=1S/C22H31N5O6S/c1-12(19(29)27-18(11-28)22(32)33)25-21(31)17(26-20(30)15(23)7-8-34-2)9-13-10-24-16-6-4-3-5-14(13)16/h3-6,10,12,15,17-18,24,28H,7-9,11,23H2,1-2H3,(H,25,31)(H,26,30)(H,27,29)(H,32,33). The Labute approximate surface area is 201 Å². The maximum Gasteiger partial charge on any atom is 0.328 e. The number of amides is 3. The molecule has 186 valence electrons. The van der Waals surface area contributed by atoms with Crippen molar-refractivity contribution in [1.29, 1.82) is 0 Å². The first-order chi connectivity index (χ1) is 16.2. The summed E-state index contributed by atoms with van der Waals surface area (Å²) in [5.41, 5.74) is 7.62. The molecule has 34 heavy (non-hydrogen) atoms. The van der Waals surface area contributed by atoms with Crippen LogP contribution in [0.3, 0.4) is 0 Å². The number of nitrogens with two attached hydrogens (primary N) is 1. The van der Waals surface area contributed by atoms with Gasteiger partial charge >= 0.3 is 5.97 Å². The van der Waals surface area contributed by atoms with Crippen molar-refractivity contribution >= 4 is 46.4 Å². The molecule has 0 saturated heterocycles. The third kappa shape index (κ3) is 7.47. The van der Waals surface area contributed by atoms with Gasteiger partial charge in [-0.05, 0) is 37.0 Å². The molecule has 1 aromatic carbocycles. The van der Waals surface area contributed by atoms with Crippen molar-refractivity contribution in [3.63, 3.8) is 0 Å². The Morgan fingerprint density at radius 1 is 1.06 bits per heavy atom. The van der Waals surface area contributed by atoms with Gasteiger partial charge in [-0.15, -0.1) is 0 Å². The number of carboxylic acids is 1. The number of fused-ring (bicyclic) bond motifs is 1. The van der Waals surface area contributed by atoms with Crippen molar-refractivity contribution in [3.05, 3.63) is 36.0 Å². The highest BCUT2D eigenvalue weighted by molar-refractivity contribution is 7.98. The number of thioether (sulfide) groups is 1. The van der Waals surface area contributed by atoms with Gasteiger partial charge in [-0.2, -0.15) is 11.8 Å². The summed E-state index contributed by atoms with van der Waals surface area (Å²) < 4.78 is 0. The molecule has 11 nitrogen and oxygen atoms in total. The van der Waals surface area contributed by atoms with Crippen LogP contribution < -0.4 is 21.7 Å². The number of para-hydroxylation sites is 1. The first kappa shape index (κ1) is 27.2. The van der Waals surface area contributed by atoms with Gasteiger partial charge in [0, 0.05) is 23.5 Å². The second-order valence-corrected chi connectivity index (χ2v) is 8.81. The number of aliphatic hydroxyl groups is 1. The van der Waals surface area contributed by atoms with Gasteiger partial charge in [0.25, 0.3) is 0 Å². The zero-order chi connectivity index (χ0) is 25.3. The number of rotatable bonds is 13. The number of hydrogen-bond acceptors (Lipinski definition) is 7. The van der Waals surface area contributed by atoms with Gasteiger partial charge in [-0.3, -0.25) is 14.4 Å². The number of carbonyl (C=O) groups is 4. The van der Waals surface area contributed by atoms with Crippen molar-refractivity contribution in [2.45, 2.75) is 43.9 Å². The normalized spacial score (nSPS) is 14.6. The largest absolute Gasteiger partial charge is 0.480 e. The van der Waals surface area contributed by atoms with Crippen LogP contribution in [0, 0.1) is 0 Å². The Bertz CT molecular complexity index is 1010. The predicted molar refractivity (Wildman–Crippen MR) is 129 cm³/mol. The molecule has 0 aliphatic rings. The molecule has 2 aromatic rings. The van der Waals surface area contributed by atoms with Gasteiger partial charge in [0.2, 0.25) is 17.7 Å². The van der Waals surface area contributed by atoms with E-state index in [0.29, 0.717) is 12.2 Å². The first-order valence-corrected chi connectivity index (χ1v) is 12.1. The van der Waals surface area contributed by atoms with Crippen molar-refractivity contribution in [1.82, 2.24) is 20.9 Å². The van der Waals surface area contributed by atoms with Crippen LogP contribution in [0.2, 0.25) is 0 Å². The fraction of sp³-hybridized carbons (Fsp3) is 0.455. The summed E-state index contributed by atoms with van der Waals surface area (Å²) in [5, 5.41) is 26.3. The molecule has 0 aliphatic heterocycles.